The van der Waals surface area contributed by atoms with E-state index in [-0.39, 0.29) is 52.0 Å². The largest absolute Gasteiger partial charge is 0.493 e. The lowest BCUT2D eigenvalue weighted by Gasteiger charge is -2.53. The number of rotatable bonds is 6. The molecule has 4 fully saturated rings. The Morgan fingerprint density at radius 2 is 1.64 bits per heavy atom. The maximum absolute atomic E-state index is 14.1. The van der Waals surface area contributed by atoms with E-state index in [1.54, 1.807) is 13.0 Å². The van der Waals surface area contributed by atoms with Crippen LogP contribution >= 0.6 is 10.5 Å². The summed E-state index contributed by atoms with van der Waals surface area (Å²) in [5.74, 6) is -0.493. The van der Waals surface area contributed by atoms with E-state index in [4.69, 9.17) is 9.47 Å². The summed E-state index contributed by atoms with van der Waals surface area (Å²) in [6.07, 6.45) is 3.42. The van der Waals surface area contributed by atoms with Gasteiger partial charge in [-0.25, -0.2) is 4.79 Å². The average Bonchev–Trinajstić information content (AvgIpc) is 3.00. The van der Waals surface area contributed by atoms with Crippen LogP contribution in [-0.2, 0) is 9.59 Å². The normalized spacial score (nSPS) is 24.3. The zero-order valence-corrected chi connectivity index (χ0v) is 26.1. The Bertz CT molecular complexity index is 1950. The number of carboxylic acids is 1. The first-order chi connectivity index (χ1) is 21.0. The second kappa shape index (κ2) is 10.3. The number of aromatic carboxylic acids is 1. The molecule has 4 aliphatic rings. The molecule has 7 nitrogen and oxygen atoms in total. The van der Waals surface area contributed by atoms with E-state index in [1.807, 2.05) is 36.4 Å². The van der Waals surface area contributed by atoms with Crippen LogP contribution in [0, 0.1) is 30.1 Å². The SMILES string of the molecule is COc1cc(C(=O)O)c(-[s+]2c3ccccc3c(=O)c3cc(C(C)C)ccc32)c(C)c1OC(=O)C12CC3CC(C1)C(=O)C(C3)C2. The van der Waals surface area contributed by atoms with Crippen LogP contribution in [0.15, 0.2) is 53.3 Å². The fourth-order valence-corrected chi connectivity index (χ4v) is 10.8. The number of carboxylic acid groups (broad SMARTS) is 1. The topological polar surface area (TPSA) is 107 Å². The molecule has 0 spiro atoms. The molecule has 0 saturated heterocycles. The van der Waals surface area contributed by atoms with Crippen LogP contribution in [0.1, 0.15) is 73.4 Å². The molecule has 4 aliphatic carbocycles. The number of hydrogen-bond acceptors (Lipinski definition) is 6. The van der Waals surface area contributed by atoms with Crippen molar-refractivity contribution in [3.05, 3.63) is 75.4 Å². The Morgan fingerprint density at radius 1 is 0.955 bits per heavy atom. The van der Waals surface area contributed by atoms with Crippen LogP contribution in [-0.4, -0.2) is 29.9 Å². The molecule has 4 aromatic rings. The number of ether oxygens (including phenoxy) is 2. The minimum absolute atomic E-state index is 0.0333. The number of carbonyl (C=O) groups is 3. The Hall–Kier alpha value is -4.04. The lowest BCUT2D eigenvalue weighted by Crippen LogP contribution is -2.55. The molecule has 1 N–H and O–H groups in total. The molecule has 8 heteroatoms. The first-order valence-electron chi connectivity index (χ1n) is 15.3. The maximum atomic E-state index is 14.1. The van der Waals surface area contributed by atoms with Gasteiger partial charge in [-0.3, -0.25) is 14.4 Å². The fourth-order valence-electron chi connectivity index (χ4n) is 8.23. The molecule has 8 rings (SSSR count). The standard InChI is InChI=1S/C36H34O7S/c1-18(2)21-9-10-29-25(13-21)31(38)24-7-5-6-8-28(24)44(29)33-19(3)32(27(42-4)14-26(33)34(39)40)43-35(41)36-15-20-11-22(16-36)30(37)23(12-20)17-36/h5-10,13-14,18,20,22-23H,11-12,15-17H2,1-4H3/p+1. The Morgan fingerprint density at radius 3 is 2.30 bits per heavy atom. The summed E-state index contributed by atoms with van der Waals surface area (Å²) in [6.45, 7) is 5.91. The van der Waals surface area contributed by atoms with Gasteiger partial charge in [0.25, 0.3) is 0 Å². The predicted molar refractivity (Wildman–Crippen MR) is 171 cm³/mol. The second-order valence-electron chi connectivity index (χ2n) is 13.2. The van der Waals surface area contributed by atoms with Crippen LogP contribution in [0.3, 0.4) is 0 Å². The van der Waals surface area contributed by atoms with E-state index in [9.17, 15) is 24.3 Å². The van der Waals surface area contributed by atoms with Crippen molar-refractivity contribution in [1.82, 2.24) is 0 Å². The van der Waals surface area contributed by atoms with Gasteiger partial charge in [0.1, 0.15) is 11.3 Å². The molecule has 3 unspecified atom stereocenters. The highest BCUT2D eigenvalue weighted by Gasteiger charge is 2.59. The lowest BCUT2D eigenvalue weighted by atomic mass is 9.49. The van der Waals surface area contributed by atoms with Gasteiger partial charge in [0.05, 0.1) is 28.9 Å². The monoisotopic (exact) mass is 611 g/mol. The van der Waals surface area contributed by atoms with E-state index >= 15 is 0 Å². The smallest absolute Gasteiger partial charge is 0.341 e. The minimum atomic E-state index is -1.14. The number of hydrogen-bond donors (Lipinski definition) is 1. The Kier molecular flexibility index (Phi) is 6.70. The van der Waals surface area contributed by atoms with Gasteiger partial charge in [-0.1, -0.05) is 32.0 Å². The third kappa shape index (κ3) is 4.21. The van der Waals surface area contributed by atoms with Crippen LogP contribution in [0.2, 0.25) is 0 Å². The van der Waals surface area contributed by atoms with E-state index in [0.29, 0.717) is 46.4 Å². The van der Waals surface area contributed by atoms with Crippen molar-refractivity contribution in [3.63, 3.8) is 0 Å². The number of ketones is 1. The predicted octanol–water partition coefficient (Wildman–Crippen LogP) is 7.53. The first kappa shape index (κ1) is 28.7. The van der Waals surface area contributed by atoms with E-state index in [0.717, 1.165) is 27.8 Å². The maximum Gasteiger partial charge on any atom is 0.341 e. The summed E-state index contributed by atoms with van der Waals surface area (Å²) >= 11 is 0. The summed E-state index contributed by atoms with van der Waals surface area (Å²) in [7, 11) is 0.444. The van der Waals surface area contributed by atoms with E-state index in [2.05, 4.69) is 13.8 Å². The highest BCUT2D eigenvalue weighted by Crippen LogP contribution is 2.59. The van der Waals surface area contributed by atoms with Crippen molar-refractivity contribution in [2.75, 3.05) is 7.11 Å². The quantitative estimate of drug-likeness (QED) is 0.104. The Labute approximate surface area is 257 Å². The molecule has 0 radical (unpaired) electrons. The molecule has 3 aromatic carbocycles. The average molecular weight is 612 g/mol. The van der Waals surface area contributed by atoms with Crippen molar-refractivity contribution < 1.29 is 29.0 Å². The summed E-state index contributed by atoms with van der Waals surface area (Å²) in [6, 6.07) is 14.6. The highest BCUT2D eigenvalue weighted by atomic mass is 32.2. The van der Waals surface area contributed by atoms with Crippen molar-refractivity contribution >= 4 is 48.4 Å². The third-order valence-corrected chi connectivity index (χ3v) is 12.7. The molecule has 44 heavy (non-hydrogen) atoms. The van der Waals surface area contributed by atoms with Gasteiger partial charge in [-0.15, -0.1) is 0 Å². The van der Waals surface area contributed by atoms with Crippen molar-refractivity contribution in [1.29, 1.82) is 0 Å². The second-order valence-corrected chi connectivity index (χ2v) is 15.1. The molecular formula is C36H35O7S+. The Balaban J connectivity index is 1.46. The van der Waals surface area contributed by atoms with Crippen LogP contribution in [0.25, 0.3) is 25.1 Å². The van der Waals surface area contributed by atoms with Gasteiger partial charge in [0.15, 0.2) is 20.9 Å². The number of esters is 1. The minimum Gasteiger partial charge on any atom is -0.493 e. The van der Waals surface area contributed by atoms with Gasteiger partial charge in [0.2, 0.25) is 10.3 Å². The molecule has 4 bridgehead atoms. The summed E-state index contributed by atoms with van der Waals surface area (Å²) in [5, 5.41) is 11.6. The van der Waals surface area contributed by atoms with Gasteiger partial charge in [-0.05, 0) is 80.7 Å². The number of Topliss-reactive ketones (excluding diaryl/α,β-unsaturated/α-hetero) is 1. The number of benzene rings is 3. The number of methoxy groups -OCH3 is 1. The van der Waals surface area contributed by atoms with Crippen LogP contribution in [0.4, 0.5) is 0 Å². The third-order valence-electron chi connectivity index (χ3n) is 10.2. The van der Waals surface area contributed by atoms with E-state index in [1.165, 1.54) is 13.2 Å². The van der Waals surface area contributed by atoms with Crippen molar-refractivity contribution in [2.45, 2.75) is 58.8 Å². The molecule has 1 aromatic heterocycles. The summed E-state index contributed by atoms with van der Waals surface area (Å²) < 4.78 is 13.4. The number of fused-ring (bicyclic) bond motifs is 2. The fraction of sp³-hybridized carbons (Fsp3) is 0.389. The van der Waals surface area contributed by atoms with Crippen LogP contribution in [0.5, 0.6) is 11.5 Å². The number of carbonyl (C=O) groups excluding carboxylic acids is 2. The van der Waals surface area contributed by atoms with Crippen LogP contribution < -0.4 is 14.9 Å². The summed E-state index contributed by atoms with van der Waals surface area (Å²) in [5.41, 5.74) is 0.731. The first-order valence-corrected chi connectivity index (χ1v) is 16.5. The molecule has 1 heterocycles. The van der Waals surface area contributed by atoms with Gasteiger partial charge < -0.3 is 14.6 Å². The molecule has 4 saturated carbocycles. The zero-order valence-electron chi connectivity index (χ0n) is 25.3. The van der Waals surface area contributed by atoms with Gasteiger partial charge >= 0.3 is 11.9 Å². The van der Waals surface area contributed by atoms with Gasteiger partial charge in [-0.2, -0.15) is 0 Å². The molecule has 0 aliphatic heterocycles. The zero-order chi connectivity index (χ0) is 31.1. The highest BCUT2D eigenvalue weighted by molar-refractivity contribution is 7.49. The van der Waals surface area contributed by atoms with Gasteiger partial charge in [0, 0.05) is 28.4 Å². The summed E-state index contributed by atoms with van der Waals surface area (Å²) in [4.78, 5) is 54.0. The molecular weight excluding hydrogens is 576 g/mol. The van der Waals surface area contributed by atoms with Crippen molar-refractivity contribution in [2.24, 2.45) is 23.2 Å². The molecule has 226 valence electrons. The lowest BCUT2D eigenvalue weighted by molar-refractivity contribution is -0.167. The molecule has 3 atom stereocenters. The molecule has 0 amide bonds. The van der Waals surface area contributed by atoms with E-state index < -0.39 is 21.9 Å². The van der Waals surface area contributed by atoms with Crippen molar-refractivity contribution in [3.8, 4) is 16.4 Å².